The molecular weight excluding hydrogens is 289 g/mol. The average molecular weight is 301 g/mol. The maximum absolute atomic E-state index is 12.7. The number of benzene rings is 2. The van der Waals surface area contributed by atoms with Crippen LogP contribution in [0.4, 0.5) is 13.2 Å². The number of alkyl halides is 3. The highest BCUT2D eigenvalue weighted by atomic mass is 35.5. The van der Waals surface area contributed by atoms with Crippen molar-refractivity contribution < 1.29 is 18.3 Å². The molecule has 0 aliphatic rings. The van der Waals surface area contributed by atoms with Crippen LogP contribution < -0.4 is 0 Å². The lowest BCUT2D eigenvalue weighted by molar-refractivity contribution is -0.137. The Bertz CT molecular complexity index is 608. The predicted molar refractivity (Wildman–Crippen MR) is 72.7 cm³/mol. The van der Waals surface area contributed by atoms with E-state index in [1.54, 1.807) is 24.3 Å². The summed E-state index contributed by atoms with van der Waals surface area (Å²) in [5.74, 6) is 0. The van der Waals surface area contributed by atoms with E-state index in [1.165, 1.54) is 6.07 Å². The van der Waals surface area contributed by atoms with E-state index in [-0.39, 0.29) is 6.61 Å². The third-order valence-corrected chi connectivity index (χ3v) is 3.26. The quantitative estimate of drug-likeness (QED) is 0.881. The molecule has 0 amide bonds. The first-order chi connectivity index (χ1) is 9.41. The van der Waals surface area contributed by atoms with E-state index < -0.39 is 11.7 Å². The van der Waals surface area contributed by atoms with Gasteiger partial charge in [0.15, 0.2) is 0 Å². The van der Waals surface area contributed by atoms with Crippen molar-refractivity contribution in [2.24, 2.45) is 0 Å². The van der Waals surface area contributed by atoms with Crippen LogP contribution in [-0.4, -0.2) is 11.7 Å². The summed E-state index contributed by atoms with van der Waals surface area (Å²) in [6.07, 6.45) is -3.95. The molecule has 0 radical (unpaired) electrons. The largest absolute Gasteiger partial charge is 0.416 e. The molecule has 2 aromatic carbocycles. The van der Waals surface area contributed by atoms with Crippen molar-refractivity contribution in [3.8, 4) is 11.1 Å². The number of aliphatic hydroxyl groups is 1. The number of hydrogen-bond donors (Lipinski definition) is 1. The Labute approximate surface area is 119 Å². The van der Waals surface area contributed by atoms with Gasteiger partial charge in [-0.05, 0) is 41.8 Å². The molecule has 2 aromatic rings. The minimum atomic E-state index is -4.38. The van der Waals surface area contributed by atoms with Gasteiger partial charge in [-0.1, -0.05) is 29.8 Å². The molecule has 0 spiro atoms. The lowest BCUT2D eigenvalue weighted by Crippen LogP contribution is -2.04. The first-order valence-corrected chi connectivity index (χ1v) is 6.36. The van der Waals surface area contributed by atoms with Crippen molar-refractivity contribution >= 4 is 11.6 Å². The Hall–Kier alpha value is -1.52. The maximum atomic E-state index is 12.7. The van der Waals surface area contributed by atoms with Crippen molar-refractivity contribution in [2.75, 3.05) is 6.61 Å². The molecular formula is C15H12ClF3O. The van der Waals surface area contributed by atoms with Gasteiger partial charge in [-0.15, -0.1) is 0 Å². The van der Waals surface area contributed by atoms with Gasteiger partial charge >= 0.3 is 6.18 Å². The Morgan fingerprint density at radius 1 is 1.05 bits per heavy atom. The van der Waals surface area contributed by atoms with E-state index in [1.807, 2.05) is 0 Å². The van der Waals surface area contributed by atoms with Gasteiger partial charge < -0.3 is 5.11 Å². The SMILES string of the molecule is OCCc1ccc(Cl)c(-c2cccc(C(F)(F)F)c2)c1. The van der Waals surface area contributed by atoms with Gasteiger partial charge in [0.2, 0.25) is 0 Å². The fourth-order valence-electron chi connectivity index (χ4n) is 1.94. The highest BCUT2D eigenvalue weighted by Crippen LogP contribution is 2.34. The summed E-state index contributed by atoms with van der Waals surface area (Å²) in [7, 11) is 0. The number of aliphatic hydroxyl groups excluding tert-OH is 1. The summed E-state index contributed by atoms with van der Waals surface area (Å²) < 4.78 is 38.2. The fraction of sp³-hybridized carbons (Fsp3) is 0.200. The Morgan fingerprint density at radius 2 is 1.80 bits per heavy atom. The Morgan fingerprint density at radius 3 is 2.45 bits per heavy atom. The van der Waals surface area contributed by atoms with Crippen LogP contribution in [-0.2, 0) is 12.6 Å². The minimum Gasteiger partial charge on any atom is -0.396 e. The monoisotopic (exact) mass is 300 g/mol. The first kappa shape index (κ1) is 14.9. The number of rotatable bonds is 3. The fourth-order valence-corrected chi connectivity index (χ4v) is 2.17. The zero-order chi connectivity index (χ0) is 14.8. The van der Waals surface area contributed by atoms with Crippen molar-refractivity contribution in [3.63, 3.8) is 0 Å². The smallest absolute Gasteiger partial charge is 0.396 e. The van der Waals surface area contributed by atoms with Crippen LogP contribution in [0.15, 0.2) is 42.5 Å². The molecule has 106 valence electrons. The van der Waals surface area contributed by atoms with Gasteiger partial charge in [-0.3, -0.25) is 0 Å². The number of halogens is 4. The molecule has 0 unspecified atom stereocenters. The molecule has 0 bridgehead atoms. The minimum absolute atomic E-state index is 0.0241. The zero-order valence-electron chi connectivity index (χ0n) is 10.4. The van der Waals surface area contributed by atoms with Gasteiger partial charge in [0.05, 0.1) is 5.56 Å². The Kier molecular flexibility index (Phi) is 4.35. The van der Waals surface area contributed by atoms with Crippen molar-refractivity contribution in [2.45, 2.75) is 12.6 Å². The Balaban J connectivity index is 2.48. The van der Waals surface area contributed by atoms with Crippen LogP contribution in [0, 0.1) is 0 Å². The van der Waals surface area contributed by atoms with Crippen LogP contribution in [0.2, 0.25) is 5.02 Å². The van der Waals surface area contributed by atoms with Crippen LogP contribution in [0.3, 0.4) is 0 Å². The lowest BCUT2D eigenvalue weighted by Gasteiger charge is -2.11. The molecule has 1 N–H and O–H groups in total. The summed E-state index contributed by atoms with van der Waals surface area (Å²) in [4.78, 5) is 0. The van der Waals surface area contributed by atoms with Gasteiger partial charge in [0, 0.05) is 17.2 Å². The third-order valence-electron chi connectivity index (χ3n) is 2.93. The molecule has 0 aliphatic heterocycles. The second-order valence-corrected chi connectivity index (χ2v) is 4.77. The highest BCUT2D eigenvalue weighted by Gasteiger charge is 2.30. The highest BCUT2D eigenvalue weighted by molar-refractivity contribution is 6.33. The summed E-state index contributed by atoms with van der Waals surface area (Å²) >= 11 is 6.05. The molecule has 0 atom stereocenters. The summed E-state index contributed by atoms with van der Waals surface area (Å²) in [5, 5.41) is 9.30. The van der Waals surface area contributed by atoms with Crippen molar-refractivity contribution in [3.05, 3.63) is 58.6 Å². The summed E-state index contributed by atoms with van der Waals surface area (Å²) in [6, 6.07) is 10.1. The van der Waals surface area contributed by atoms with Crippen LogP contribution in [0.1, 0.15) is 11.1 Å². The van der Waals surface area contributed by atoms with Crippen molar-refractivity contribution in [1.82, 2.24) is 0 Å². The first-order valence-electron chi connectivity index (χ1n) is 5.99. The van der Waals surface area contributed by atoms with Crippen molar-refractivity contribution in [1.29, 1.82) is 0 Å². The van der Waals surface area contributed by atoms with Gasteiger partial charge in [0.1, 0.15) is 0 Å². The lowest BCUT2D eigenvalue weighted by atomic mass is 10.00. The van der Waals surface area contributed by atoms with Gasteiger partial charge in [-0.2, -0.15) is 13.2 Å². The van der Waals surface area contributed by atoms with Crippen LogP contribution in [0.25, 0.3) is 11.1 Å². The summed E-state index contributed by atoms with van der Waals surface area (Å²) in [5.41, 5.74) is 1.05. The molecule has 0 saturated heterocycles. The summed E-state index contributed by atoms with van der Waals surface area (Å²) in [6.45, 7) is -0.0241. The van der Waals surface area contributed by atoms with Crippen LogP contribution >= 0.6 is 11.6 Å². The van der Waals surface area contributed by atoms with E-state index in [2.05, 4.69) is 0 Å². The molecule has 0 heterocycles. The normalized spacial score (nSPS) is 11.7. The van der Waals surface area contributed by atoms with E-state index in [9.17, 15) is 13.2 Å². The van der Waals surface area contributed by atoms with E-state index in [0.29, 0.717) is 22.6 Å². The number of hydrogen-bond acceptors (Lipinski definition) is 1. The van der Waals surface area contributed by atoms with E-state index in [4.69, 9.17) is 16.7 Å². The molecule has 2 rings (SSSR count). The molecule has 1 nitrogen and oxygen atoms in total. The average Bonchev–Trinajstić information content (AvgIpc) is 2.40. The standard InChI is InChI=1S/C15H12ClF3O/c16-14-5-4-10(6-7-20)8-13(14)11-2-1-3-12(9-11)15(17,18)19/h1-5,8-9,20H,6-7H2. The van der Waals surface area contributed by atoms with Crippen LogP contribution in [0.5, 0.6) is 0 Å². The second-order valence-electron chi connectivity index (χ2n) is 4.37. The topological polar surface area (TPSA) is 20.2 Å². The molecule has 0 saturated carbocycles. The second kappa shape index (κ2) is 5.85. The van der Waals surface area contributed by atoms with Gasteiger partial charge in [-0.25, -0.2) is 0 Å². The van der Waals surface area contributed by atoms with Gasteiger partial charge in [0.25, 0.3) is 0 Å². The maximum Gasteiger partial charge on any atom is 0.416 e. The zero-order valence-corrected chi connectivity index (χ0v) is 11.2. The molecule has 5 heteroatoms. The molecule has 0 aromatic heterocycles. The molecule has 0 aliphatic carbocycles. The molecule has 0 fully saturated rings. The van der Waals surface area contributed by atoms with E-state index >= 15 is 0 Å². The predicted octanol–water partition coefficient (Wildman–Crippen LogP) is 4.56. The molecule has 20 heavy (non-hydrogen) atoms. The third kappa shape index (κ3) is 3.32. The van der Waals surface area contributed by atoms with E-state index in [0.717, 1.165) is 17.7 Å².